The van der Waals surface area contributed by atoms with E-state index in [2.05, 4.69) is 33.9 Å². The largest absolute Gasteiger partial charge is 0.461 e. The van der Waals surface area contributed by atoms with Crippen LogP contribution in [-0.4, -0.2) is 26.5 Å². The monoisotopic (exact) mass is 242 g/mol. The van der Waals surface area contributed by atoms with Gasteiger partial charge in [-0.15, -0.1) is 0 Å². The van der Waals surface area contributed by atoms with Gasteiger partial charge in [-0.1, -0.05) is 20.8 Å². The molecule has 0 aromatic carbocycles. The Labute approximate surface area is 98.6 Å². The van der Waals surface area contributed by atoms with E-state index in [1.165, 1.54) is 0 Å². The van der Waals surface area contributed by atoms with Gasteiger partial charge in [0.2, 0.25) is 0 Å². The van der Waals surface area contributed by atoms with Crippen LogP contribution in [0.5, 0.6) is 0 Å². The van der Waals surface area contributed by atoms with Crippen molar-refractivity contribution in [3.05, 3.63) is 0 Å². The maximum atomic E-state index is 11.4. The third kappa shape index (κ3) is 1.82. The molecule has 0 spiro atoms. The fraction of sp³-hybridized carbons (Fsp3) is 0.917. The zero-order chi connectivity index (χ0) is 12.1. The van der Waals surface area contributed by atoms with E-state index >= 15 is 0 Å². The van der Waals surface area contributed by atoms with E-state index in [9.17, 15) is 4.79 Å². The summed E-state index contributed by atoms with van der Waals surface area (Å²) in [6, 6.07) is 0. The molecule has 1 saturated heterocycles. The molecule has 2 aliphatic rings. The highest BCUT2D eigenvalue weighted by atomic mass is 28.4. The molecule has 4 heteroatoms. The second-order valence-corrected chi connectivity index (χ2v) is 11.3. The van der Waals surface area contributed by atoms with E-state index in [1.807, 2.05) is 0 Å². The Balaban J connectivity index is 2.03. The van der Waals surface area contributed by atoms with Gasteiger partial charge >= 0.3 is 5.97 Å². The molecule has 92 valence electrons. The Morgan fingerprint density at radius 2 is 1.94 bits per heavy atom. The number of carbonyl (C=O) groups is 1. The maximum Gasteiger partial charge on any atom is 0.315 e. The first-order valence-corrected chi connectivity index (χ1v) is 9.01. The van der Waals surface area contributed by atoms with E-state index in [0.717, 1.165) is 12.8 Å². The average Bonchev–Trinajstić information content (AvgIpc) is 2.38. The van der Waals surface area contributed by atoms with Crippen molar-refractivity contribution in [2.75, 3.05) is 0 Å². The standard InChI is InChI=1S/C12H22O3Si/c1-12(2,3)16(4,5)15-9-7-6-8-10(9)11(13)14-8/h8-10H,6-7H2,1-5H3/t8-,9+,10?/m1/s1. The first-order valence-electron chi connectivity index (χ1n) is 6.11. The predicted octanol–water partition coefficient (Wildman–Crippen LogP) is 2.71. The lowest BCUT2D eigenvalue weighted by molar-refractivity contribution is -0.185. The van der Waals surface area contributed by atoms with Crippen molar-refractivity contribution in [3.63, 3.8) is 0 Å². The fourth-order valence-electron chi connectivity index (χ4n) is 2.21. The van der Waals surface area contributed by atoms with Crippen LogP contribution in [0, 0.1) is 5.92 Å². The van der Waals surface area contributed by atoms with Gasteiger partial charge in [-0.25, -0.2) is 0 Å². The highest BCUT2D eigenvalue weighted by Crippen LogP contribution is 2.44. The first kappa shape index (κ1) is 12.1. The molecule has 1 unspecified atom stereocenters. The summed E-state index contributed by atoms with van der Waals surface area (Å²) in [7, 11) is -1.74. The van der Waals surface area contributed by atoms with Crippen molar-refractivity contribution in [2.24, 2.45) is 5.92 Å². The van der Waals surface area contributed by atoms with Crippen LogP contribution in [0.2, 0.25) is 18.1 Å². The molecule has 1 aliphatic carbocycles. The van der Waals surface area contributed by atoms with Crippen LogP contribution >= 0.6 is 0 Å². The van der Waals surface area contributed by atoms with Crippen LogP contribution < -0.4 is 0 Å². The number of carbonyl (C=O) groups excluding carboxylic acids is 1. The Bertz CT molecular complexity index is 306. The second-order valence-electron chi connectivity index (χ2n) is 6.50. The van der Waals surface area contributed by atoms with E-state index in [4.69, 9.17) is 9.16 Å². The minimum Gasteiger partial charge on any atom is -0.461 e. The van der Waals surface area contributed by atoms with Crippen LogP contribution in [-0.2, 0) is 14.0 Å². The summed E-state index contributed by atoms with van der Waals surface area (Å²) >= 11 is 0. The molecule has 3 nitrogen and oxygen atoms in total. The van der Waals surface area contributed by atoms with Crippen LogP contribution in [0.15, 0.2) is 0 Å². The number of rotatable bonds is 2. The molecule has 3 atom stereocenters. The van der Waals surface area contributed by atoms with Crippen LogP contribution in [0.4, 0.5) is 0 Å². The smallest absolute Gasteiger partial charge is 0.315 e. The molecule has 1 aliphatic heterocycles. The van der Waals surface area contributed by atoms with Gasteiger partial charge in [-0.3, -0.25) is 4.79 Å². The normalized spacial score (nSPS) is 34.3. The van der Waals surface area contributed by atoms with E-state index < -0.39 is 8.32 Å². The molecule has 1 heterocycles. The molecule has 0 radical (unpaired) electrons. The molecule has 2 rings (SSSR count). The quantitative estimate of drug-likeness (QED) is 0.552. The molecule has 1 saturated carbocycles. The van der Waals surface area contributed by atoms with Crippen molar-refractivity contribution in [1.29, 1.82) is 0 Å². The Morgan fingerprint density at radius 1 is 1.31 bits per heavy atom. The molecular formula is C12H22O3Si. The average molecular weight is 242 g/mol. The lowest BCUT2D eigenvalue weighted by Gasteiger charge is -2.41. The van der Waals surface area contributed by atoms with Crippen molar-refractivity contribution >= 4 is 14.3 Å². The van der Waals surface area contributed by atoms with Gasteiger partial charge < -0.3 is 9.16 Å². The Hall–Kier alpha value is -0.353. The van der Waals surface area contributed by atoms with Gasteiger partial charge in [0, 0.05) is 0 Å². The van der Waals surface area contributed by atoms with Crippen molar-refractivity contribution in [3.8, 4) is 0 Å². The molecule has 0 amide bonds. The zero-order valence-corrected chi connectivity index (χ0v) is 11.9. The fourth-order valence-corrected chi connectivity index (χ4v) is 3.58. The van der Waals surface area contributed by atoms with Gasteiger partial charge in [0.1, 0.15) is 12.0 Å². The maximum absolute atomic E-state index is 11.4. The van der Waals surface area contributed by atoms with E-state index in [1.54, 1.807) is 0 Å². The Morgan fingerprint density at radius 3 is 2.44 bits per heavy atom. The molecule has 16 heavy (non-hydrogen) atoms. The summed E-state index contributed by atoms with van der Waals surface area (Å²) < 4.78 is 11.4. The lowest BCUT2D eigenvalue weighted by Crippen LogP contribution is -2.51. The summed E-state index contributed by atoms with van der Waals surface area (Å²) in [5.74, 6) is -0.0136. The molecule has 2 fully saturated rings. The number of fused-ring (bicyclic) bond motifs is 1. The van der Waals surface area contributed by atoms with Crippen molar-refractivity contribution < 1.29 is 14.0 Å². The van der Waals surface area contributed by atoms with Gasteiger partial charge in [0.15, 0.2) is 8.32 Å². The summed E-state index contributed by atoms with van der Waals surface area (Å²) in [6.07, 6.45) is 2.23. The molecule has 0 N–H and O–H groups in total. The number of hydrogen-bond donors (Lipinski definition) is 0. The third-order valence-electron chi connectivity index (χ3n) is 4.33. The first-order chi connectivity index (χ1) is 7.22. The second kappa shape index (κ2) is 3.57. The van der Waals surface area contributed by atoms with Gasteiger partial charge in [0.05, 0.1) is 6.10 Å². The number of esters is 1. The van der Waals surface area contributed by atoms with Crippen LogP contribution in [0.1, 0.15) is 33.6 Å². The van der Waals surface area contributed by atoms with Crippen LogP contribution in [0.25, 0.3) is 0 Å². The van der Waals surface area contributed by atoms with Crippen molar-refractivity contribution in [1.82, 2.24) is 0 Å². The summed E-state index contributed by atoms with van der Waals surface area (Å²) in [4.78, 5) is 11.4. The molecule has 0 bridgehead atoms. The number of ether oxygens (including phenoxy) is 1. The Kier molecular flexibility index (Phi) is 2.70. The summed E-state index contributed by atoms with van der Waals surface area (Å²) in [5, 5.41) is 0.207. The van der Waals surface area contributed by atoms with Gasteiger partial charge in [-0.05, 0) is 31.0 Å². The SMILES string of the molecule is CC(C)(C)[Si](C)(C)O[C@H]1CC[C@H]2OC(=O)C12. The molecule has 0 aromatic heterocycles. The number of hydrogen-bond acceptors (Lipinski definition) is 3. The highest BCUT2D eigenvalue weighted by molar-refractivity contribution is 6.74. The van der Waals surface area contributed by atoms with Gasteiger partial charge in [0.25, 0.3) is 0 Å². The summed E-state index contributed by atoms with van der Waals surface area (Å²) in [5.41, 5.74) is 0. The minimum absolute atomic E-state index is 0.0362. The lowest BCUT2D eigenvalue weighted by atomic mass is 9.99. The highest BCUT2D eigenvalue weighted by Gasteiger charge is 2.54. The van der Waals surface area contributed by atoms with Crippen molar-refractivity contribution in [2.45, 2.75) is 64.0 Å². The van der Waals surface area contributed by atoms with Crippen LogP contribution in [0.3, 0.4) is 0 Å². The third-order valence-corrected chi connectivity index (χ3v) is 8.83. The van der Waals surface area contributed by atoms with E-state index in [-0.39, 0.29) is 29.1 Å². The minimum atomic E-state index is -1.74. The molecular weight excluding hydrogens is 220 g/mol. The predicted molar refractivity (Wildman–Crippen MR) is 64.7 cm³/mol. The zero-order valence-electron chi connectivity index (χ0n) is 10.9. The van der Waals surface area contributed by atoms with E-state index in [0.29, 0.717) is 0 Å². The van der Waals surface area contributed by atoms with Gasteiger partial charge in [-0.2, -0.15) is 0 Å². The molecule has 0 aromatic rings. The topological polar surface area (TPSA) is 35.5 Å². The summed E-state index contributed by atoms with van der Waals surface area (Å²) in [6.45, 7) is 11.2.